The fraction of sp³-hybridized carbons (Fsp3) is 0.923. The Morgan fingerprint density at radius 3 is 2.71 bits per heavy atom. The maximum Gasteiger partial charge on any atom is 0.241 e. The summed E-state index contributed by atoms with van der Waals surface area (Å²) in [6.45, 7) is 7.40. The van der Waals surface area contributed by atoms with Crippen LogP contribution in [0, 0.1) is 5.92 Å². The second-order valence-electron chi connectivity index (χ2n) is 5.07. The van der Waals surface area contributed by atoms with Crippen LogP contribution >= 0.6 is 11.8 Å². The van der Waals surface area contributed by atoms with Crippen molar-refractivity contribution < 1.29 is 4.79 Å². The van der Waals surface area contributed by atoms with Crippen molar-refractivity contribution in [2.75, 3.05) is 18.6 Å². The lowest BCUT2D eigenvalue weighted by molar-refractivity contribution is -0.130. The number of thioether (sulfide) groups is 1. The summed E-state index contributed by atoms with van der Waals surface area (Å²) in [7, 11) is 0. The van der Waals surface area contributed by atoms with Crippen molar-refractivity contribution in [3.63, 3.8) is 0 Å². The van der Waals surface area contributed by atoms with Crippen molar-refractivity contribution in [3.8, 4) is 0 Å². The molecule has 1 aliphatic rings. The van der Waals surface area contributed by atoms with Crippen LogP contribution in [0.25, 0.3) is 0 Å². The highest BCUT2D eigenvalue weighted by molar-refractivity contribution is 7.98. The zero-order chi connectivity index (χ0) is 12.8. The number of hydrogen-bond donors (Lipinski definition) is 1. The fourth-order valence-corrected chi connectivity index (χ4v) is 2.80. The first kappa shape index (κ1) is 14.8. The third-order valence-corrected chi connectivity index (χ3v) is 3.94. The molecule has 1 heterocycles. The van der Waals surface area contributed by atoms with Crippen molar-refractivity contribution in [2.45, 2.75) is 52.2 Å². The first-order chi connectivity index (χ1) is 8.11. The molecule has 0 aromatic heterocycles. The molecule has 0 aromatic carbocycles. The third-order valence-electron chi connectivity index (χ3n) is 3.25. The highest BCUT2D eigenvalue weighted by Crippen LogP contribution is 2.20. The molecule has 0 aromatic rings. The molecular formula is C13H26N2OS. The standard InChI is InChI=1S/C13H26N2OS/c1-5-7-11-13(16)15(8-6-9-17-4)12(14-11)10(2)3/h10-12,14H,5-9H2,1-4H3. The van der Waals surface area contributed by atoms with Gasteiger partial charge in [0.15, 0.2) is 0 Å². The lowest BCUT2D eigenvalue weighted by atomic mass is 10.1. The maximum absolute atomic E-state index is 12.3. The smallest absolute Gasteiger partial charge is 0.241 e. The summed E-state index contributed by atoms with van der Waals surface area (Å²) in [5, 5.41) is 3.49. The van der Waals surface area contributed by atoms with E-state index in [9.17, 15) is 4.79 Å². The molecule has 3 nitrogen and oxygen atoms in total. The molecule has 2 atom stereocenters. The van der Waals surface area contributed by atoms with Gasteiger partial charge in [0.05, 0.1) is 12.2 Å². The van der Waals surface area contributed by atoms with Gasteiger partial charge in [-0.15, -0.1) is 0 Å². The minimum absolute atomic E-state index is 0.0571. The van der Waals surface area contributed by atoms with E-state index < -0.39 is 0 Å². The van der Waals surface area contributed by atoms with Gasteiger partial charge in [-0.05, 0) is 30.8 Å². The van der Waals surface area contributed by atoms with Crippen molar-refractivity contribution in [1.82, 2.24) is 10.2 Å². The van der Waals surface area contributed by atoms with Crippen LogP contribution < -0.4 is 5.32 Å². The van der Waals surface area contributed by atoms with Gasteiger partial charge in [0.2, 0.25) is 5.91 Å². The summed E-state index contributed by atoms with van der Waals surface area (Å²) >= 11 is 1.85. The van der Waals surface area contributed by atoms with Crippen LogP contribution in [0.3, 0.4) is 0 Å². The Morgan fingerprint density at radius 1 is 1.47 bits per heavy atom. The van der Waals surface area contributed by atoms with E-state index in [0.717, 1.165) is 31.6 Å². The molecule has 2 unspecified atom stereocenters. The molecule has 1 rings (SSSR count). The first-order valence-corrected chi connectivity index (χ1v) is 8.06. The summed E-state index contributed by atoms with van der Waals surface area (Å²) in [5.74, 6) is 1.93. The average molecular weight is 258 g/mol. The maximum atomic E-state index is 12.3. The van der Waals surface area contributed by atoms with Gasteiger partial charge in [-0.1, -0.05) is 27.2 Å². The van der Waals surface area contributed by atoms with Gasteiger partial charge in [-0.25, -0.2) is 0 Å². The lowest BCUT2D eigenvalue weighted by Crippen LogP contribution is -2.42. The molecule has 1 aliphatic heterocycles. The molecule has 100 valence electrons. The van der Waals surface area contributed by atoms with Gasteiger partial charge in [0.1, 0.15) is 0 Å². The second kappa shape index (κ2) is 7.27. The molecule has 0 aliphatic carbocycles. The summed E-state index contributed by atoms with van der Waals surface area (Å²) in [5.41, 5.74) is 0. The molecular weight excluding hydrogens is 232 g/mol. The molecule has 17 heavy (non-hydrogen) atoms. The zero-order valence-electron chi connectivity index (χ0n) is 11.5. The lowest BCUT2D eigenvalue weighted by Gasteiger charge is -2.27. The molecule has 0 spiro atoms. The van der Waals surface area contributed by atoms with Crippen LogP contribution in [0.2, 0.25) is 0 Å². The highest BCUT2D eigenvalue weighted by atomic mass is 32.2. The van der Waals surface area contributed by atoms with Gasteiger partial charge in [0.25, 0.3) is 0 Å². The van der Waals surface area contributed by atoms with Gasteiger partial charge < -0.3 is 4.90 Å². The van der Waals surface area contributed by atoms with E-state index in [0.29, 0.717) is 11.8 Å². The molecule has 1 amide bonds. The number of nitrogens with one attached hydrogen (secondary N) is 1. The zero-order valence-corrected chi connectivity index (χ0v) is 12.3. The Balaban J connectivity index is 2.59. The number of rotatable bonds is 7. The SMILES string of the molecule is CCCC1NC(C(C)C)N(CCCSC)C1=O. The number of nitrogens with zero attached hydrogens (tertiary/aromatic N) is 1. The first-order valence-electron chi connectivity index (χ1n) is 6.67. The number of carbonyl (C=O) groups excluding carboxylic acids is 1. The van der Waals surface area contributed by atoms with Crippen LogP contribution in [0.5, 0.6) is 0 Å². The Kier molecular flexibility index (Phi) is 6.34. The monoisotopic (exact) mass is 258 g/mol. The summed E-state index contributed by atoms with van der Waals surface area (Å²) in [4.78, 5) is 14.3. The number of amides is 1. The average Bonchev–Trinajstić information content (AvgIpc) is 2.59. The second-order valence-corrected chi connectivity index (χ2v) is 6.06. The van der Waals surface area contributed by atoms with Crippen molar-refractivity contribution in [2.24, 2.45) is 5.92 Å². The fourth-order valence-electron chi connectivity index (χ4n) is 2.38. The highest BCUT2D eigenvalue weighted by Gasteiger charge is 2.38. The van der Waals surface area contributed by atoms with Gasteiger partial charge in [-0.3, -0.25) is 10.1 Å². The van der Waals surface area contributed by atoms with Crippen molar-refractivity contribution in [1.29, 1.82) is 0 Å². The number of carbonyl (C=O) groups is 1. The van der Waals surface area contributed by atoms with Crippen LogP contribution in [0.4, 0.5) is 0 Å². The largest absolute Gasteiger partial charge is 0.326 e. The van der Waals surface area contributed by atoms with Crippen LogP contribution in [-0.2, 0) is 4.79 Å². The van der Waals surface area contributed by atoms with E-state index in [1.165, 1.54) is 0 Å². The predicted octanol–water partition coefficient (Wildman–Crippen LogP) is 2.32. The van der Waals surface area contributed by atoms with Crippen LogP contribution in [0.1, 0.15) is 40.0 Å². The van der Waals surface area contributed by atoms with E-state index in [1.807, 2.05) is 11.8 Å². The Hall–Kier alpha value is -0.220. The van der Waals surface area contributed by atoms with Crippen LogP contribution in [-0.4, -0.2) is 41.6 Å². The van der Waals surface area contributed by atoms with Gasteiger partial charge in [-0.2, -0.15) is 11.8 Å². The van der Waals surface area contributed by atoms with E-state index in [4.69, 9.17) is 0 Å². The molecule has 0 saturated carbocycles. The molecule has 1 fully saturated rings. The van der Waals surface area contributed by atoms with E-state index in [1.54, 1.807) is 0 Å². The minimum Gasteiger partial charge on any atom is -0.326 e. The topological polar surface area (TPSA) is 32.3 Å². The molecule has 0 radical (unpaired) electrons. The van der Waals surface area contributed by atoms with Crippen molar-refractivity contribution >= 4 is 17.7 Å². The quantitative estimate of drug-likeness (QED) is 0.711. The van der Waals surface area contributed by atoms with Crippen LogP contribution in [0.15, 0.2) is 0 Å². The Morgan fingerprint density at radius 2 is 2.18 bits per heavy atom. The summed E-state index contributed by atoms with van der Waals surface area (Å²) < 4.78 is 0. The minimum atomic E-state index is 0.0571. The van der Waals surface area contributed by atoms with E-state index >= 15 is 0 Å². The predicted molar refractivity (Wildman–Crippen MR) is 75.2 cm³/mol. The summed E-state index contributed by atoms with van der Waals surface area (Å²) in [6.07, 6.45) is 5.47. The number of hydrogen-bond acceptors (Lipinski definition) is 3. The molecule has 0 bridgehead atoms. The Bertz CT molecular complexity index is 246. The Labute approximate surface area is 110 Å². The van der Waals surface area contributed by atoms with E-state index in [-0.39, 0.29) is 12.2 Å². The third kappa shape index (κ3) is 3.88. The van der Waals surface area contributed by atoms with Gasteiger partial charge in [0, 0.05) is 6.54 Å². The van der Waals surface area contributed by atoms with E-state index in [2.05, 4.69) is 37.2 Å². The van der Waals surface area contributed by atoms with Crippen molar-refractivity contribution in [3.05, 3.63) is 0 Å². The molecule has 1 N–H and O–H groups in total. The summed E-state index contributed by atoms with van der Waals surface area (Å²) in [6, 6.07) is 0.0571. The normalized spacial score (nSPS) is 25.0. The molecule has 4 heteroatoms. The molecule has 1 saturated heterocycles. The van der Waals surface area contributed by atoms with Gasteiger partial charge >= 0.3 is 0 Å².